The van der Waals surface area contributed by atoms with E-state index in [0.717, 1.165) is 12.8 Å². The summed E-state index contributed by atoms with van der Waals surface area (Å²) in [6.07, 6.45) is 2.13. The third kappa shape index (κ3) is 2.91. The van der Waals surface area contributed by atoms with Crippen LogP contribution in [0.25, 0.3) is 0 Å². The van der Waals surface area contributed by atoms with Gasteiger partial charge in [-0.3, -0.25) is 4.79 Å². The normalized spacial score (nSPS) is 14.3. The van der Waals surface area contributed by atoms with Gasteiger partial charge >= 0.3 is 0 Å². The lowest BCUT2D eigenvalue weighted by molar-refractivity contribution is -0.133. The van der Waals surface area contributed by atoms with Crippen molar-refractivity contribution in [2.75, 3.05) is 18.9 Å². The van der Waals surface area contributed by atoms with Gasteiger partial charge in [-0.25, -0.2) is 4.39 Å². The van der Waals surface area contributed by atoms with Crippen LogP contribution in [-0.4, -0.2) is 30.0 Å². The molecule has 98 valence electrons. The van der Waals surface area contributed by atoms with Crippen molar-refractivity contribution in [2.45, 2.75) is 25.8 Å². The number of hydrogen-bond donors (Lipinski definition) is 1. The highest BCUT2D eigenvalue weighted by atomic mass is 19.1. The van der Waals surface area contributed by atoms with E-state index in [1.165, 1.54) is 12.1 Å². The van der Waals surface area contributed by atoms with Gasteiger partial charge in [0.25, 0.3) is 5.91 Å². The summed E-state index contributed by atoms with van der Waals surface area (Å²) in [5, 5.41) is 0. The standard InChI is InChI=1S/C13H17FN2O2/c1-2-16(9-3-4-9)13(17)8-18-10-5-6-12(15)11(14)7-10/h5-7,9H,2-4,8,15H2,1H3. The average Bonchev–Trinajstić information content (AvgIpc) is 3.16. The molecule has 1 aliphatic rings. The average molecular weight is 252 g/mol. The molecular weight excluding hydrogens is 235 g/mol. The summed E-state index contributed by atoms with van der Waals surface area (Å²) < 4.78 is 18.4. The van der Waals surface area contributed by atoms with Gasteiger partial charge < -0.3 is 15.4 Å². The van der Waals surface area contributed by atoms with E-state index in [9.17, 15) is 9.18 Å². The zero-order valence-corrected chi connectivity index (χ0v) is 10.4. The van der Waals surface area contributed by atoms with Crippen LogP contribution < -0.4 is 10.5 Å². The van der Waals surface area contributed by atoms with Crippen LogP contribution in [0.4, 0.5) is 10.1 Å². The van der Waals surface area contributed by atoms with Crippen molar-refractivity contribution < 1.29 is 13.9 Å². The summed E-state index contributed by atoms with van der Waals surface area (Å²) in [6.45, 7) is 2.57. The number of hydrogen-bond acceptors (Lipinski definition) is 3. The molecule has 0 saturated heterocycles. The monoisotopic (exact) mass is 252 g/mol. The number of likely N-dealkylation sites (N-methyl/N-ethyl adjacent to an activating group) is 1. The number of nitrogens with two attached hydrogens (primary N) is 1. The first kappa shape index (κ1) is 12.7. The number of anilines is 1. The number of carbonyl (C=O) groups is 1. The molecule has 5 heteroatoms. The zero-order valence-electron chi connectivity index (χ0n) is 10.4. The molecule has 0 heterocycles. The smallest absolute Gasteiger partial charge is 0.260 e. The predicted molar refractivity (Wildman–Crippen MR) is 66.7 cm³/mol. The highest BCUT2D eigenvalue weighted by Crippen LogP contribution is 2.26. The first-order valence-corrected chi connectivity index (χ1v) is 6.09. The van der Waals surface area contributed by atoms with Crippen LogP contribution in [0.1, 0.15) is 19.8 Å². The van der Waals surface area contributed by atoms with Crippen molar-refractivity contribution in [3.8, 4) is 5.75 Å². The van der Waals surface area contributed by atoms with Crippen LogP contribution >= 0.6 is 0 Å². The van der Waals surface area contributed by atoms with Crippen LogP contribution in [0.5, 0.6) is 5.75 Å². The van der Waals surface area contributed by atoms with Gasteiger partial charge in [-0.05, 0) is 31.9 Å². The summed E-state index contributed by atoms with van der Waals surface area (Å²) in [7, 11) is 0. The molecule has 0 aliphatic heterocycles. The fourth-order valence-corrected chi connectivity index (χ4v) is 1.85. The highest BCUT2D eigenvalue weighted by molar-refractivity contribution is 5.78. The van der Waals surface area contributed by atoms with Crippen LogP contribution in [0, 0.1) is 5.82 Å². The van der Waals surface area contributed by atoms with Gasteiger partial charge in [0.2, 0.25) is 0 Å². The topological polar surface area (TPSA) is 55.6 Å². The number of ether oxygens (including phenoxy) is 1. The van der Waals surface area contributed by atoms with Gasteiger partial charge in [-0.1, -0.05) is 0 Å². The molecule has 0 spiro atoms. The summed E-state index contributed by atoms with van der Waals surface area (Å²) in [5.41, 5.74) is 5.43. The summed E-state index contributed by atoms with van der Waals surface area (Å²) in [6, 6.07) is 4.54. The molecule has 1 saturated carbocycles. The fraction of sp³-hybridized carbons (Fsp3) is 0.462. The van der Waals surface area contributed by atoms with Gasteiger partial charge in [0.1, 0.15) is 11.6 Å². The molecule has 0 radical (unpaired) electrons. The van der Waals surface area contributed by atoms with Crippen LogP contribution in [0.3, 0.4) is 0 Å². The lowest BCUT2D eigenvalue weighted by Crippen LogP contribution is -2.36. The van der Waals surface area contributed by atoms with Crippen molar-refractivity contribution in [1.29, 1.82) is 0 Å². The van der Waals surface area contributed by atoms with Gasteiger partial charge in [0.05, 0.1) is 5.69 Å². The van der Waals surface area contributed by atoms with E-state index in [2.05, 4.69) is 0 Å². The number of rotatable bonds is 5. The van der Waals surface area contributed by atoms with Crippen molar-refractivity contribution >= 4 is 11.6 Å². The van der Waals surface area contributed by atoms with E-state index in [1.54, 1.807) is 11.0 Å². The Morgan fingerprint density at radius 2 is 2.28 bits per heavy atom. The molecule has 0 atom stereocenters. The number of nitrogen functional groups attached to an aromatic ring is 1. The maximum Gasteiger partial charge on any atom is 0.260 e. The Labute approximate surface area is 106 Å². The van der Waals surface area contributed by atoms with E-state index >= 15 is 0 Å². The lowest BCUT2D eigenvalue weighted by Gasteiger charge is -2.20. The largest absolute Gasteiger partial charge is 0.484 e. The van der Waals surface area contributed by atoms with Gasteiger partial charge in [0, 0.05) is 18.7 Å². The molecule has 0 unspecified atom stereocenters. The van der Waals surface area contributed by atoms with E-state index in [1.807, 2.05) is 6.92 Å². The summed E-state index contributed by atoms with van der Waals surface area (Å²) in [4.78, 5) is 13.7. The minimum Gasteiger partial charge on any atom is -0.484 e. The third-order valence-corrected chi connectivity index (χ3v) is 2.98. The number of carbonyl (C=O) groups excluding carboxylic acids is 1. The minimum absolute atomic E-state index is 0.0581. The van der Waals surface area contributed by atoms with E-state index in [0.29, 0.717) is 18.3 Å². The molecule has 0 bridgehead atoms. The maximum atomic E-state index is 13.2. The number of halogens is 1. The molecule has 0 aromatic heterocycles. The molecule has 1 fully saturated rings. The van der Waals surface area contributed by atoms with Gasteiger partial charge in [-0.2, -0.15) is 0 Å². The Bertz CT molecular complexity index is 447. The quantitative estimate of drug-likeness (QED) is 0.813. The van der Waals surface area contributed by atoms with E-state index < -0.39 is 5.82 Å². The Morgan fingerprint density at radius 1 is 1.56 bits per heavy atom. The molecule has 2 rings (SSSR count). The first-order chi connectivity index (χ1) is 8.61. The highest BCUT2D eigenvalue weighted by Gasteiger charge is 2.31. The molecule has 1 amide bonds. The maximum absolute atomic E-state index is 13.2. The SMILES string of the molecule is CCN(C(=O)COc1ccc(N)c(F)c1)C1CC1. The Morgan fingerprint density at radius 3 is 2.83 bits per heavy atom. The number of benzene rings is 1. The van der Waals surface area contributed by atoms with E-state index in [-0.39, 0.29) is 18.2 Å². The van der Waals surface area contributed by atoms with Crippen LogP contribution in [-0.2, 0) is 4.79 Å². The van der Waals surface area contributed by atoms with Crippen molar-refractivity contribution in [3.63, 3.8) is 0 Å². The second-order valence-corrected chi connectivity index (χ2v) is 4.38. The molecule has 1 aromatic carbocycles. The molecule has 2 N–H and O–H groups in total. The number of amides is 1. The van der Waals surface area contributed by atoms with Gasteiger partial charge in [0.15, 0.2) is 6.61 Å². The second-order valence-electron chi connectivity index (χ2n) is 4.38. The first-order valence-electron chi connectivity index (χ1n) is 6.09. The molecule has 4 nitrogen and oxygen atoms in total. The molecular formula is C13H17FN2O2. The lowest BCUT2D eigenvalue weighted by atomic mass is 10.3. The number of nitrogens with zero attached hydrogens (tertiary/aromatic N) is 1. The van der Waals surface area contributed by atoms with Crippen molar-refractivity contribution in [2.24, 2.45) is 0 Å². The third-order valence-electron chi connectivity index (χ3n) is 2.98. The van der Waals surface area contributed by atoms with Crippen LogP contribution in [0.2, 0.25) is 0 Å². The Hall–Kier alpha value is -1.78. The summed E-state index contributed by atoms with van der Waals surface area (Å²) in [5.74, 6) is -0.270. The Balaban J connectivity index is 1.90. The van der Waals surface area contributed by atoms with Crippen LogP contribution in [0.15, 0.2) is 18.2 Å². The van der Waals surface area contributed by atoms with Crippen molar-refractivity contribution in [3.05, 3.63) is 24.0 Å². The molecule has 1 aromatic rings. The zero-order chi connectivity index (χ0) is 13.1. The molecule has 1 aliphatic carbocycles. The minimum atomic E-state index is -0.533. The van der Waals surface area contributed by atoms with Crippen molar-refractivity contribution in [1.82, 2.24) is 4.90 Å². The predicted octanol–water partition coefficient (Wildman–Crippen LogP) is 1.80. The van der Waals surface area contributed by atoms with E-state index in [4.69, 9.17) is 10.5 Å². The fourth-order valence-electron chi connectivity index (χ4n) is 1.85. The Kier molecular flexibility index (Phi) is 3.69. The summed E-state index contributed by atoms with van der Waals surface area (Å²) >= 11 is 0. The molecule has 18 heavy (non-hydrogen) atoms. The van der Waals surface area contributed by atoms with Gasteiger partial charge in [-0.15, -0.1) is 0 Å². The second kappa shape index (κ2) is 5.25.